The second kappa shape index (κ2) is 9.43. The van der Waals surface area contributed by atoms with Crippen molar-refractivity contribution in [2.75, 3.05) is 39.3 Å². The first-order chi connectivity index (χ1) is 12.7. The van der Waals surface area contributed by atoms with E-state index in [9.17, 15) is 13.2 Å². The van der Waals surface area contributed by atoms with Crippen molar-refractivity contribution >= 4 is 39.3 Å². The van der Waals surface area contributed by atoms with Gasteiger partial charge in [0.05, 0.1) is 10.0 Å². The van der Waals surface area contributed by atoms with Crippen molar-refractivity contribution in [1.29, 1.82) is 0 Å². The molecule has 10 heteroatoms. The minimum absolute atomic E-state index is 0.194. The number of nitrogens with zero attached hydrogens (tertiary/aromatic N) is 3. The molecule has 1 fully saturated rings. The fourth-order valence-electron chi connectivity index (χ4n) is 2.91. The number of piperazine rings is 1. The molecule has 1 atom stereocenters. The number of ether oxygens (including phenoxy) is 1. The van der Waals surface area contributed by atoms with Crippen molar-refractivity contribution in [1.82, 2.24) is 13.5 Å². The van der Waals surface area contributed by atoms with E-state index in [1.54, 1.807) is 30.0 Å². The van der Waals surface area contributed by atoms with E-state index >= 15 is 0 Å². The second-order valence-electron chi connectivity index (χ2n) is 6.15. The Morgan fingerprint density at radius 2 is 1.74 bits per heavy atom. The van der Waals surface area contributed by atoms with E-state index in [0.717, 1.165) is 0 Å². The number of hydrogen-bond acceptors (Lipinski definition) is 4. The summed E-state index contributed by atoms with van der Waals surface area (Å²) in [5, 5.41) is 0.762. The molecule has 1 aromatic carbocycles. The van der Waals surface area contributed by atoms with Crippen LogP contribution in [-0.2, 0) is 15.0 Å². The number of carbonyl (C=O) groups is 1. The molecule has 0 aliphatic carbocycles. The molecule has 1 heterocycles. The van der Waals surface area contributed by atoms with Gasteiger partial charge in [-0.05, 0) is 19.1 Å². The Morgan fingerprint density at radius 1 is 1.15 bits per heavy atom. The maximum Gasteiger partial charge on any atom is 0.282 e. The van der Waals surface area contributed by atoms with E-state index in [1.165, 1.54) is 8.61 Å². The molecule has 0 N–H and O–H groups in total. The summed E-state index contributed by atoms with van der Waals surface area (Å²) >= 11 is 11.8. The molecule has 0 radical (unpaired) electrons. The van der Waals surface area contributed by atoms with Crippen molar-refractivity contribution in [3.05, 3.63) is 28.2 Å². The smallest absolute Gasteiger partial charge is 0.282 e. The Kier molecular flexibility index (Phi) is 7.76. The SMILES string of the molecule is CCN(CC)S(=O)(=O)N1CCN(C(=O)C(C)Oc2ccc(Cl)c(Cl)c2)CC1. The average molecular weight is 438 g/mol. The molecule has 1 saturated heterocycles. The van der Waals surface area contributed by atoms with Crippen LogP contribution in [0.2, 0.25) is 10.0 Å². The second-order valence-corrected chi connectivity index (χ2v) is 8.90. The van der Waals surface area contributed by atoms with E-state index in [2.05, 4.69) is 0 Å². The lowest BCUT2D eigenvalue weighted by atomic mass is 10.2. The van der Waals surface area contributed by atoms with Crippen LogP contribution in [0, 0.1) is 0 Å². The molecular formula is C17H25Cl2N3O4S. The van der Waals surface area contributed by atoms with Gasteiger partial charge in [0.15, 0.2) is 6.10 Å². The van der Waals surface area contributed by atoms with E-state index in [0.29, 0.717) is 42.0 Å². The predicted octanol–water partition coefficient (Wildman–Crippen LogP) is 2.49. The summed E-state index contributed by atoms with van der Waals surface area (Å²) < 4.78 is 33.6. The predicted molar refractivity (Wildman–Crippen MR) is 107 cm³/mol. The van der Waals surface area contributed by atoms with Gasteiger partial charge in [-0.2, -0.15) is 17.0 Å². The summed E-state index contributed by atoms with van der Waals surface area (Å²) in [6.07, 6.45) is -0.715. The van der Waals surface area contributed by atoms with Crippen molar-refractivity contribution < 1.29 is 17.9 Å². The molecular weight excluding hydrogens is 413 g/mol. The summed E-state index contributed by atoms with van der Waals surface area (Å²) in [6.45, 7) is 7.31. The fraction of sp³-hybridized carbons (Fsp3) is 0.588. The number of amides is 1. The van der Waals surface area contributed by atoms with Gasteiger partial charge in [0.2, 0.25) is 0 Å². The highest BCUT2D eigenvalue weighted by atomic mass is 35.5. The monoisotopic (exact) mass is 437 g/mol. The molecule has 7 nitrogen and oxygen atoms in total. The molecule has 1 aromatic rings. The topological polar surface area (TPSA) is 70.2 Å². The molecule has 152 valence electrons. The maximum absolute atomic E-state index is 12.6. The lowest BCUT2D eigenvalue weighted by molar-refractivity contribution is -0.139. The Labute approximate surface area is 170 Å². The molecule has 27 heavy (non-hydrogen) atoms. The minimum atomic E-state index is -3.48. The van der Waals surface area contributed by atoms with Crippen molar-refractivity contribution in [3.63, 3.8) is 0 Å². The maximum atomic E-state index is 12.6. The molecule has 0 saturated carbocycles. The number of carbonyl (C=O) groups excluding carboxylic acids is 1. The standard InChI is InChI=1S/C17H25Cl2N3O4S/c1-4-21(5-2)27(24,25)22-10-8-20(9-11-22)17(23)13(3)26-14-6-7-15(18)16(19)12-14/h6-7,12-13H,4-5,8-11H2,1-3H3. The van der Waals surface area contributed by atoms with Crippen LogP contribution in [0.5, 0.6) is 5.75 Å². The van der Waals surface area contributed by atoms with Crippen LogP contribution in [0.1, 0.15) is 20.8 Å². The summed E-state index contributed by atoms with van der Waals surface area (Å²) in [7, 11) is -3.48. The van der Waals surface area contributed by atoms with Gasteiger partial charge in [0.1, 0.15) is 5.75 Å². The third kappa shape index (κ3) is 5.26. The Hall–Kier alpha value is -1.06. The highest BCUT2D eigenvalue weighted by molar-refractivity contribution is 7.86. The first kappa shape index (κ1) is 22.2. The van der Waals surface area contributed by atoms with Crippen LogP contribution in [-0.4, -0.2) is 73.2 Å². The highest BCUT2D eigenvalue weighted by Gasteiger charge is 2.33. The Morgan fingerprint density at radius 3 is 2.26 bits per heavy atom. The summed E-state index contributed by atoms with van der Waals surface area (Å²) in [5.74, 6) is 0.258. The largest absolute Gasteiger partial charge is 0.481 e. The van der Waals surface area contributed by atoms with Gasteiger partial charge in [-0.25, -0.2) is 0 Å². The van der Waals surface area contributed by atoms with Gasteiger partial charge in [-0.3, -0.25) is 4.79 Å². The van der Waals surface area contributed by atoms with E-state index in [-0.39, 0.29) is 19.0 Å². The Bertz CT molecular complexity index is 763. The van der Waals surface area contributed by atoms with Crippen molar-refractivity contribution in [2.24, 2.45) is 0 Å². The molecule has 1 aliphatic heterocycles. The van der Waals surface area contributed by atoms with Crippen LogP contribution in [0.15, 0.2) is 18.2 Å². The molecule has 1 unspecified atom stereocenters. The third-order valence-electron chi connectivity index (χ3n) is 4.46. The minimum Gasteiger partial charge on any atom is -0.481 e. The fourth-order valence-corrected chi connectivity index (χ4v) is 4.81. The van der Waals surface area contributed by atoms with Crippen molar-refractivity contribution in [2.45, 2.75) is 26.9 Å². The molecule has 1 aliphatic rings. The van der Waals surface area contributed by atoms with Crippen LogP contribution in [0.4, 0.5) is 0 Å². The van der Waals surface area contributed by atoms with Gasteiger partial charge in [-0.15, -0.1) is 0 Å². The zero-order chi connectivity index (χ0) is 20.2. The zero-order valence-electron chi connectivity index (χ0n) is 15.7. The number of halogens is 2. The lowest BCUT2D eigenvalue weighted by Crippen LogP contribution is -2.55. The lowest BCUT2D eigenvalue weighted by Gasteiger charge is -2.37. The van der Waals surface area contributed by atoms with Crippen LogP contribution in [0.25, 0.3) is 0 Å². The highest BCUT2D eigenvalue weighted by Crippen LogP contribution is 2.27. The quantitative estimate of drug-likeness (QED) is 0.656. The summed E-state index contributed by atoms with van der Waals surface area (Å²) in [4.78, 5) is 14.2. The van der Waals surface area contributed by atoms with E-state index < -0.39 is 16.3 Å². The first-order valence-electron chi connectivity index (χ1n) is 8.86. The van der Waals surface area contributed by atoms with Gasteiger partial charge in [-0.1, -0.05) is 37.0 Å². The van der Waals surface area contributed by atoms with E-state index in [4.69, 9.17) is 27.9 Å². The van der Waals surface area contributed by atoms with Gasteiger partial charge in [0, 0.05) is 45.3 Å². The van der Waals surface area contributed by atoms with Crippen molar-refractivity contribution in [3.8, 4) is 5.75 Å². The van der Waals surface area contributed by atoms with Gasteiger partial charge < -0.3 is 9.64 Å². The third-order valence-corrected chi connectivity index (χ3v) is 7.39. The average Bonchev–Trinajstić information content (AvgIpc) is 2.65. The number of benzene rings is 1. The normalized spacial score (nSPS) is 17.2. The molecule has 0 aromatic heterocycles. The molecule has 1 amide bonds. The Balaban J connectivity index is 1.94. The molecule has 0 bridgehead atoms. The molecule has 2 rings (SSSR count). The zero-order valence-corrected chi connectivity index (χ0v) is 18.0. The number of rotatable bonds is 7. The van der Waals surface area contributed by atoms with Gasteiger partial charge >= 0.3 is 0 Å². The summed E-state index contributed by atoms with van der Waals surface area (Å²) in [6, 6.07) is 4.81. The van der Waals surface area contributed by atoms with Crippen LogP contribution < -0.4 is 4.74 Å². The van der Waals surface area contributed by atoms with Crippen LogP contribution in [0.3, 0.4) is 0 Å². The van der Waals surface area contributed by atoms with E-state index in [1.807, 2.05) is 13.8 Å². The molecule has 0 spiro atoms. The van der Waals surface area contributed by atoms with Gasteiger partial charge in [0.25, 0.3) is 16.1 Å². The summed E-state index contributed by atoms with van der Waals surface area (Å²) in [5.41, 5.74) is 0. The number of hydrogen-bond donors (Lipinski definition) is 0. The first-order valence-corrected chi connectivity index (χ1v) is 11.0. The van der Waals surface area contributed by atoms with Crippen LogP contribution >= 0.6 is 23.2 Å².